The fraction of sp³-hybridized carbons (Fsp3) is 0.455. The second-order valence-corrected chi connectivity index (χ2v) is 3.95. The zero-order valence-corrected chi connectivity index (χ0v) is 8.65. The molecular formula is C11H15Cl. The second-order valence-electron chi connectivity index (χ2n) is 3.52. The molecule has 0 N–H and O–H groups in total. The van der Waals surface area contributed by atoms with Gasteiger partial charge in [0.15, 0.2) is 0 Å². The summed E-state index contributed by atoms with van der Waals surface area (Å²) < 4.78 is 0. The average molecular weight is 183 g/mol. The third kappa shape index (κ3) is 2.25. The van der Waals surface area contributed by atoms with Gasteiger partial charge in [-0.05, 0) is 30.9 Å². The topological polar surface area (TPSA) is 0 Å². The van der Waals surface area contributed by atoms with Crippen molar-refractivity contribution < 1.29 is 0 Å². The molecule has 1 rings (SSSR count). The number of hydrogen-bond donors (Lipinski definition) is 0. The van der Waals surface area contributed by atoms with Crippen LogP contribution >= 0.6 is 11.6 Å². The Morgan fingerprint density at radius 3 is 2.58 bits per heavy atom. The van der Waals surface area contributed by atoms with E-state index in [9.17, 15) is 0 Å². The molecule has 0 aromatic rings. The van der Waals surface area contributed by atoms with Gasteiger partial charge in [-0.15, -0.1) is 0 Å². The highest BCUT2D eigenvalue weighted by Crippen LogP contribution is 2.24. The highest BCUT2D eigenvalue weighted by atomic mass is 35.5. The smallest absolute Gasteiger partial charge is 0.0369 e. The van der Waals surface area contributed by atoms with Gasteiger partial charge in [0.25, 0.3) is 0 Å². The molecule has 0 unspecified atom stereocenters. The Morgan fingerprint density at radius 2 is 2.00 bits per heavy atom. The summed E-state index contributed by atoms with van der Waals surface area (Å²) in [5.41, 5.74) is 2.85. The van der Waals surface area contributed by atoms with E-state index < -0.39 is 0 Å². The summed E-state index contributed by atoms with van der Waals surface area (Å²) in [5.74, 6) is 0.595. The van der Waals surface area contributed by atoms with Gasteiger partial charge < -0.3 is 0 Å². The van der Waals surface area contributed by atoms with Crippen molar-refractivity contribution in [2.75, 3.05) is 0 Å². The van der Waals surface area contributed by atoms with Gasteiger partial charge in [0.05, 0.1) is 0 Å². The van der Waals surface area contributed by atoms with Crippen LogP contribution in [0.15, 0.2) is 34.4 Å². The van der Waals surface area contributed by atoms with Crippen LogP contribution in [0.25, 0.3) is 0 Å². The van der Waals surface area contributed by atoms with Gasteiger partial charge in [0, 0.05) is 5.03 Å². The lowest BCUT2D eigenvalue weighted by molar-refractivity contribution is 0.776. The van der Waals surface area contributed by atoms with Gasteiger partial charge in [-0.1, -0.05) is 43.2 Å². The molecule has 0 aliphatic heterocycles. The Hall–Kier alpha value is -0.490. The van der Waals surface area contributed by atoms with Crippen LogP contribution in [-0.2, 0) is 0 Å². The first-order valence-corrected chi connectivity index (χ1v) is 4.72. The molecule has 0 nitrogen and oxygen atoms in total. The van der Waals surface area contributed by atoms with Gasteiger partial charge in [-0.25, -0.2) is 0 Å². The molecule has 0 aromatic carbocycles. The fourth-order valence-corrected chi connectivity index (χ4v) is 1.57. The van der Waals surface area contributed by atoms with E-state index >= 15 is 0 Å². The van der Waals surface area contributed by atoms with Crippen molar-refractivity contribution in [3.05, 3.63) is 34.4 Å². The fourth-order valence-electron chi connectivity index (χ4n) is 1.43. The SMILES string of the molecule is CC1=C(C(C)C)C=CC(Cl)=CC1. The second kappa shape index (κ2) is 3.95. The zero-order chi connectivity index (χ0) is 9.14. The molecule has 0 atom stereocenters. The predicted octanol–water partition coefficient (Wildman–Crippen LogP) is 4.04. The van der Waals surface area contributed by atoms with E-state index in [-0.39, 0.29) is 0 Å². The quantitative estimate of drug-likeness (QED) is 0.574. The van der Waals surface area contributed by atoms with Crippen LogP contribution in [0.4, 0.5) is 0 Å². The Kier molecular flexibility index (Phi) is 3.16. The van der Waals surface area contributed by atoms with Gasteiger partial charge >= 0.3 is 0 Å². The first kappa shape index (κ1) is 9.60. The summed E-state index contributed by atoms with van der Waals surface area (Å²) in [6, 6.07) is 0. The number of halogens is 1. The summed E-state index contributed by atoms with van der Waals surface area (Å²) in [6.07, 6.45) is 7.15. The lowest BCUT2D eigenvalue weighted by Crippen LogP contribution is -1.93. The minimum Gasteiger partial charge on any atom is -0.0847 e. The van der Waals surface area contributed by atoms with Crippen LogP contribution in [0.1, 0.15) is 27.2 Å². The molecule has 0 aromatic heterocycles. The van der Waals surface area contributed by atoms with Crippen molar-refractivity contribution in [3.8, 4) is 0 Å². The summed E-state index contributed by atoms with van der Waals surface area (Å²) in [6.45, 7) is 6.59. The summed E-state index contributed by atoms with van der Waals surface area (Å²) in [5, 5.41) is 0.852. The molecule has 0 spiro atoms. The van der Waals surface area contributed by atoms with E-state index in [0.29, 0.717) is 5.92 Å². The van der Waals surface area contributed by atoms with Crippen LogP contribution in [0, 0.1) is 5.92 Å². The molecule has 1 aliphatic rings. The van der Waals surface area contributed by atoms with Crippen LogP contribution < -0.4 is 0 Å². The Bertz CT molecular complexity index is 254. The molecule has 0 saturated carbocycles. The first-order valence-electron chi connectivity index (χ1n) is 4.34. The standard InChI is InChI=1S/C11H15Cl/c1-8(2)11-7-6-10(12)5-4-9(11)3/h5-8H,4H2,1-3H3. The number of hydrogen-bond acceptors (Lipinski definition) is 0. The van der Waals surface area contributed by atoms with Crippen molar-refractivity contribution >= 4 is 11.6 Å². The monoisotopic (exact) mass is 182 g/mol. The Labute approximate surface area is 79.6 Å². The van der Waals surface area contributed by atoms with Gasteiger partial charge in [0.2, 0.25) is 0 Å². The largest absolute Gasteiger partial charge is 0.0847 e. The normalized spacial score (nSPS) is 18.2. The molecule has 0 radical (unpaired) electrons. The molecule has 0 fully saturated rings. The zero-order valence-electron chi connectivity index (χ0n) is 7.89. The molecule has 12 heavy (non-hydrogen) atoms. The van der Waals surface area contributed by atoms with Gasteiger partial charge in [-0.3, -0.25) is 0 Å². The van der Waals surface area contributed by atoms with E-state index in [1.165, 1.54) is 11.1 Å². The minimum atomic E-state index is 0.595. The molecule has 0 saturated heterocycles. The number of rotatable bonds is 1. The predicted molar refractivity (Wildman–Crippen MR) is 55.2 cm³/mol. The molecule has 1 heteroatoms. The lowest BCUT2D eigenvalue weighted by Gasteiger charge is -2.09. The maximum Gasteiger partial charge on any atom is 0.0369 e. The highest BCUT2D eigenvalue weighted by molar-refractivity contribution is 6.31. The summed E-state index contributed by atoms with van der Waals surface area (Å²) in [4.78, 5) is 0. The maximum atomic E-state index is 5.90. The maximum absolute atomic E-state index is 5.90. The van der Waals surface area contributed by atoms with Crippen molar-refractivity contribution in [2.24, 2.45) is 5.92 Å². The van der Waals surface area contributed by atoms with Gasteiger partial charge in [-0.2, -0.15) is 0 Å². The summed E-state index contributed by atoms with van der Waals surface area (Å²) >= 11 is 5.90. The van der Waals surface area contributed by atoms with Crippen LogP contribution in [0.3, 0.4) is 0 Å². The summed E-state index contributed by atoms with van der Waals surface area (Å²) in [7, 11) is 0. The van der Waals surface area contributed by atoms with Gasteiger partial charge in [0.1, 0.15) is 0 Å². The molecule has 0 heterocycles. The van der Waals surface area contributed by atoms with E-state index in [4.69, 9.17) is 11.6 Å². The Morgan fingerprint density at radius 1 is 1.33 bits per heavy atom. The van der Waals surface area contributed by atoms with E-state index in [2.05, 4.69) is 32.9 Å². The van der Waals surface area contributed by atoms with Crippen molar-refractivity contribution in [3.63, 3.8) is 0 Å². The molecule has 1 aliphatic carbocycles. The molecular weight excluding hydrogens is 168 g/mol. The lowest BCUT2D eigenvalue weighted by atomic mass is 9.97. The average Bonchev–Trinajstić information content (AvgIpc) is 2.14. The molecule has 0 bridgehead atoms. The van der Waals surface area contributed by atoms with Crippen LogP contribution in [0.5, 0.6) is 0 Å². The number of allylic oxidation sites excluding steroid dienone is 6. The molecule has 0 amide bonds. The third-order valence-electron chi connectivity index (χ3n) is 2.14. The van der Waals surface area contributed by atoms with E-state index in [1.54, 1.807) is 0 Å². The van der Waals surface area contributed by atoms with E-state index in [1.807, 2.05) is 6.08 Å². The Balaban J connectivity index is 2.93. The minimum absolute atomic E-state index is 0.595. The van der Waals surface area contributed by atoms with Crippen LogP contribution in [0.2, 0.25) is 0 Å². The van der Waals surface area contributed by atoms with Crippen molar-refractivity contribution in [2.45, 2.75) is 27.2 Å². The van der Waals surface area contributed by atoms with E-state index in [0.717, 1.165) is 11.5 Å². The molecule has 66 valence electrons. The third-order valence-corrected chi connectivity index (χ3v) is 2.42. The van der Waals surface area contributed by atoms with Crippen LogP contribution in [-0.4, -0.2) is 0 Å². The van der Waals surface area contributed by atoms with Crippen molar-refractivity contribution in [1.82, 2.24) is 0 Å². The highest BCUT2D eigenvalue weighted by Gasteiger charge is 2.05. The first-order chi connectivity index (χ1) is 5.61. The van der Waals surface area contributed by atoms with Crippen molar-refractivity contribution in [1.29, 1.82) is 0 Å².